The summed E-state index contributed by atoms with van der Waals surface area (Å²) in [5.74, 6) is 1.04. The van der Waals surface area contributed by atoms with Crippen molar-refractivity contribution in [1.29, 1.82) is 0 Å². The van der Waals surface area contributed by atoms with Crippen molar-refractivity contribution >= 4 is 0 Å². The number of nitrogens with zero attached hydrogens (tertiary/aromatic N) is 1. The first-order valence-electron chi connectivity index (χ1n) is 5.00. The molecule has 1 atom stereocenters. The molecule has 0 aliphatic carbocycles. The quantitative estimate of drug-likeness (QED) is 0.776. The van der Waals surface area contributed by atoms with Gasteiger partial charge in [-0.3, -0.25) is 0 Å². The van der Waals surface area contributed by atoms with Gasteiger partial charge >= 0.3 is 0 Å². The van der Waals surface area contributed by atoms with Gasteiger partial charge in [0.2, 0.25) is 0 Å². The van der Waals surface area contributed by atoms with Crippen molar-refractivity contribution < 1.29 is 4.42 Å². The molecule has 0 saturated heterocycles. The smallest absolute Gasteiger partial charge is 0.120 e. The van der Waals surface area contributed by atoms with Crippen molar-refractivity contribution in [2.24, 2.45) is 0 Å². The molecular formula is C11H20N2O. The number of aryl methyl sites for hydroxylation is 1. The molecule has 0 amide bonds. The van der Waals surface area contributed by atoms with Gasteiger partial charge < -0.3 is 14.6 Å². The third-order valence-electron chi connectivity index (χ3n) is 2.22. The molecule has 0 fully saturated rings. The summed E-state index contributed by atoms with van der Waals surface area (Å²) < 4.78 is 5.34. The molecule has 1 aromatic rings. The second kappa shape index (κ2) is 5.17. The third-order valence-corrected chi connectivity index (χ3v) is 2.22. The van der Waals surface area contributed by atoms with Gasteiger partial charge in [0.25, 0.3) is 0 Å². The van der Waals surface area contributed by atoms with Crippen LogP contribution in [0.1, 0.15) is 18.2 Å². The molecule has 0 bridgehead atoms. The van der Waals surface area contributed by atoms with Gasteiger partial charge in [-0.2, -0.15) is 0 Å². The molecule has 0 saturated carbocycles. The number of nitrogens with one attached hydrogen (secondary N) is 1. The van der Waals surface area contributed by atoms with E-state index in [1.165, 1.54) is 5.56 Å². The van der Waals surface area contributed by atoms with Gasteiger partial charge in [-0.05, 0) is 39.6 Å². The second-order valence-corrected chi connectivity index (χ2v) is 4.07. The van der Waals surface area contributed by atoms with Crippen LogP contribution in [-0.2, 0) is 6.54 Å². The first-order valence-corrected chi connectivity index (χ1v) is 5.00. The average Bonchev–Trinajstić information content (AvgIpc) is 2.46. The summed E-state index contributed by atoms with van der Waals surface area (Å²) in [4.78, 5) is 2.17. The molecule has 14 heavy (non-hydrogen) atoms. The highest BCUT2D eigenvalue weighted by Crippen LogP contribution is 2.08. The molecule has 3 nitrogen and oxygen atoms in total. The van der Waals surface area contributed by atoms with Crippen LogP contribution in [0.2, 0.25) is 0 Å². The van der Waals surface area contributed by atoms with Gasteiger partial charge in [0.15, 0.2) is 0 Å². The lowest BCUT2D eigenvalue weighted by atomic mass is 10.2. The Morgan fingerprint density at radius 2 is 2.21 bits per heavy atom. The van der Waals surface area contributed by atoms with Crippen LogP contribution in [-0.4, -0.2) is 31.6 Å². The lowest BCUT2D eigenvalue weighted by Crippen LogP contribution is -2.35. The van der Waals surface area contributed by atoms with Crippen LogP contribution in [0, 0.1) is 6.92 Å². The van der Waals surface area contributed by atoms with Crippen LogP contribution in [0.25, 0.3) is 0 Å². The summed E-state index contributed by atoms with van der Waals surface area (Å²) in [7, 11) is 4.16. The van der Waals surface area contributed by atoms with Gasteiger partial charge in [-0.15, -0.1) is 0 Å². The van der Waals surface area contributed by atoms with E-state index in [-0.39, 0.29) is 0 Å². The number of rotatable bonds is 5. The lowest BCUT2D eigenvalue weighted by Gasteiger charge is -2.17. The van der Waals surface area contributed by atoms with E-state index in [4.69, 9.17) is 4.42 Å². The summed E-state index contributed by atoms with van der Waals surface area (Å²) >= 11 is 0. The van der Waals surface area contributed by atoms with Gasteiger partial charge in [0.1, 0.15) is 5.76 Å². The predicted molar refractivity (Wildman–Crippen MR) is 58.3 cm³/mol. The molecule has 0 radical (unpaired) electrons. The third kappa shape index (κ3) is 3.52. The van der Waals surface area contributed by atoms with Crippen LogP contribution in [0.3, 0.4) is 0 Å². The van der Waals surface area contributed by atoms with Crippen LogP contribution < -0.4 is 5.32 Å². The standard InChI is InChI=1S/C11H20N2O/c1-9-5-6-14-11(9)7-12-10(2)8-13(3)4/h5-6,10,12H,7-8H2,1-4H3. The van der Waals surface area contributed by atoms with E-state index >= 15 is 0 Å². The van der Waals surface area contributed by atoms with Crippen molar-refractivity contribution in [3.8, 4) is 0 Å². The minimum absolute atomic E-state index is 0.481. The highest BCUT2D eigenvalue weighted by atomic mass is 16.3. The van der Waals surface area contributed by atoms with Crippen LogP contribution >= 0.6 is 0 Å². The topological polar surface area (TPSA) is 28.4 Å². The zero-order chi connectivity index (χ0) is 10.6. The zero-order valence-electron chi connectivity index (χ0n) is 9.50. The molecule has 1 unspecified atom stereocenters. The van der Waals surface area contributed by atoms with Crippen molar-refractivity contribution in [2.75, 3.05) is 20.6 Å². The molecular weight excluding hydrogens is 176 g/mol. The van der Waals surface area contributed by atoms with E-state index in [9.17, 15) is 0 Å². The lowest BCUT2D eigenvalue weighted by molar-refractivity contribution is 0.341. The Morgan fingerprint density at radius 1 is 1.50 bits per heavy atom. The Bertz CT molecular complexity index is 268. The molecule has 1 rings (SSSR count). The molecule has 1 aromatic heterocycles. The summed E-state index contributed by atoms with van der Waals surface area (Å²) in [6.07, 6.45) is 1.74. The van der Waals surface area contributed by atoms with E-state index in [0.29, 0.717) is 6.04 Å². The Labute approximate surface area is 86.1 Å². The summed E-state index contributed by atoms with van der Waals surface area (Å²) in [5, 5.41) is 3.42. The Morgan fingerprint density at radius 3 is 2.71 bits per heavy atom. The maximum absolute atomic E-state index is 5.34. The normalized spacial score (nSPS) is 13.5. The Hall–Kier alpha value is -0.800. The summed E-state index contributed by atoms with van der Waals surface area (Å²) in [6, 6.07) is 2.47. The van der Waals surface area contributed by atoms with Crippen LogP contribution in [0.15, 0.2) is 16.7 Å². The minimum Gasteiger partial charge on any atom is -0.468 e. The first-order chi connectivity index (χ1) is 6.59. The average molecular weight is 196 g/mol. The van der Waals surface area contributed by atoms with Gasteiger partial charge in [-0.1, -0.05) is 0 Å². The fourth-order valence-electron chi connectivity index (χ4n) is 1.46. The van der Waals surface area contributed by atoms with Crippen molar-refractivity contribution in [2.45, 2.75) is 26.4 Å². The van der Waals surface area contributed by atoms with E-state index in [0.717, 1.165) is 18.8 Å². The Kier molecular flexibility index (Phi) is 4.17. The fourth-order valence-corrected chi connectivity index (χ4v) is 1.46. The van der Waals surface area contributed by atoms with E-state index in [2.05, 4.69) is 38.2 Å². The van der Waals surface area contributed by atoms with Crippen molar-refractivity contribution in [3.05, 3.63) is 23.7 Å². The SMILES string of the molecule is Cc1ccoc1CNC(C)CN(C)C. The fraction of sp³-hybridized carbons (Fsp3) is 0.636. The number of furan rings is 1. The molecule has 0 spiro atoms. The molecule has 0 aromatic carbocycles. The molecule has 1 heterocycles. The first kappa shape index (κ1) is 11.3. The highest BCUT2D eigenvalue weighted by molar-refractivity contribution is 5.14. The van der Waals surface area contributed by atoms with Crippen LogP contribution in [0.5, 0.6) is 0 Å². The Balaban J connectivity index is 2.30. The maximum atomic E-state index is 5.34. The summed E-state index contributed by atoms with van der Waals surface area (Å²) in [6.45, 7) is 6.10. The molecule has 3 heteroatoms. The molecule has 0 aliphatic heterocycles. The van der Waals surface area contributed by atoms with Gasteiger partial charge in [0, 0.05) is 12.6 Å². The predicted octanol–water partition coefficient (Wildman–Crippen LogP) is 1.63. The molecule has 0 aliphatic rings. The minimum atomic E-state index is 0.481. The molecule has 80 valence electrons. The maximum Gasteiger partial charge on any atom is 0.120 e. The zero-order valence-corrected chi connectivity index (χ0v) is 9.50. The number of hydrogen-bond acceptors (Lipinski definition) is 3. The van der Waals surface area contributed by atoms with E-state index in [1.807, 2.05) is 6.07 Å². The monoisotopic (exact) mass is 196 g/mol. The largest absolute Gasteiger partial charge is 0.468 e. The number of likely N-dealkylation sites (N-methyl/N-ethyl adjacent to an activating group) is 1. The number of hydrogen-bond donors (Lipinski definition) is 1. The van der Waals surface area contributed by atoms with Crippen molar-refractivity contribution in [1.82, 2.24) is 10.2 Å². The van der Waals surface area contributed by atoms with Gasteiger partial charge in [-0.25, -0.2) is 0 Å². The van der Waals surface area contributed by atoms with Crippen molar-refractivity contribution in [3.63, 3.8) is 0 Å². The highest BCUT2D eigenvalue weighted by Gasteiger charge is 2.05. The van der Waals surface area contributed by atoms with E-state index in [1.54, 1.807) is 6.26 Å². The molecule has 1 N–H and O–H groups in total. The second-order valence-electron chi connectivity index (χ2n) is 4.07. The van der Waals surface area contributed by atoms with Crippen LogP contribution in [0.4, 0.5) is 0 Å². The van der Waals surface area contributed by atoms with Gasteiger partial charge in [0.05, 0.1) is 12.8 Å². The van der Waals surface area contributed by atoms with E-state index < -0.39 is 0 Å². The summed E-state index contributed by atoms with van der Waals surface area (Å²) in [5.41, 5.74) is 1.22.